The highest BCUT2D eigenvalue weighted by atomic mass is 32.1. The highest BCUT2D eigenvalue weighted by Crippen LogP contribution is 2.24. The fourth-order valence-electron chi connectivity index (χ4n) is 2.23. The number of rotatable bonds is 7. The Balaban J connectivity index is 2.04. The number of nitrogens with one attached hydrogen (secondary N) is 2. The predicted octanol–water partition coefficient (Wildman–Crippen LogP) is 1.87. The van der Waals surface area contributed by atoms with Crippen LogP contribution in [0.15, 0.2) is 16.2 Å². The number of aliphatic hydroxyl groups excluding tert-OH is 1. The number of hydrogen-bond acceptors (Lipinski definition) is 5. The minimum Gasteiger partial charge on any atom is -0.396 e. The van der Waals surface area contributed by atoms with Crippen LogP contribution in [0.1, 0.15) is 32.5 Å². The highest BCUT2D eigenvalue weighted by molar-refractivity contribution is 7.17. The number of fused-ring (bicyclic) bond motifs is 1. The number of H-pyrrole nitrogens is 1. The monoisotopic (exact) mass is 295 g/mol. The van der Waals surface area contributed by atoms with Gasteiger partial charge in [0.2, 0.25) is 0 Å². The van der Waals surface area contributed by atoms with E-state index in [1.807, 2.05) is 11.4 Å². The summed E-state index contributed by atoms with van der Waals surface area (Å²) in [5.74, 6) is 0.639. The van der Waals surface area contributed by atoms with Crippen LogP contribution in [0.2, 0.25) is 0 Å². The molecular weight excluding hydrogens is 274 g/mol. The highest BCUT2D eigenvalue weighted by Gasteiger charge is 2.24. The lowest BCUT2D eigenvalue weighted by Gasteiger charge is -2.29. The van der Waals surface area contributed by atoms with Crippen molar-refractivity contribution in [2.24, 2.45) is 5.41 Å². The third-order valence-corrected chi connectivity index (χ3v) is 4.89. The minimum absolute atomic E-state index is 0.0822. The molecule has 5 nitrogen and oxygen atoms in total. The van der Waals surface area contributed by atoms with Gasteiger partial charge in [-0.05, 0) is 24.3 Å². The van der Waals surface area contributed by atoms with E-state index in [1.165, 1.54) is 11.3 Å². The van der Waals surface area contributed by atoms with Crippen LogP contribution in [-0.2, 0) is 6.54 Å². The molecule has 2 aromatic heterocycles. The molecule has 0 saturated heterocycles. The van der Waals surface area contributed by atoms with Crippen LogP contribution in [0, 0.1) is 5.41 Å². The number of aromatic nitrogens is 2. The Kier molecular flexibility index (Phi) is 4.91. The molecule has 3 N–H and O–H groups in total. The van der Waals surface area contributed by atoms with E-state index >= 15 is 0 Å². The summed E-state index contributed by atoms with van der Waals surface area (Å²) in [7, 11) is 0. The lowest BCUT2D eigenvalue weighted by molar-refractivity contribution is 0.113. The Bertz CT molecular complexity index is 608. The van der Waals surface area contributed by atoms with Gasteiger partial charge in [-0.15, -0.1) is 11.3 Å². The molecule has 20 heavy (non-hydrogen) atoms. The van der Waals surface area contributed by atoms with Crippen LogP contribution in [0.25, 0.3) is 10.2 Å². The molecule has 0 aliphatic rings. The maximum Gasteiger partial charge on any atom is 0.268 e. The Morgan fingerprint density at radius 2 is 2.20 bits per heavy atom. The Hall–Kier alpha value is -1.24. The van der Waals surface area contributed by atoms with Crippen LogP contribution in [0.3, 0.4) is 0 Å². The van der Waals surface area contributed by atoms with Crippen molar-refractivity contribution in [3.05, 3.63) is 27.6 Å². The zero-order valence-corrected chi connectivity index (χ0v) is 12.7. The fraction of sp³-hybridized carbons (Fsp3) is 0.571. The van der Waals surface area contributed by atoms with Crippen LogP contribution in [-0.4, -0.2) is 28.2 Å². The van der Waals surface area contributed by atoms with Crippen LogP contribution >= 0.6 is 11.3 Å². The van der Waals surface area contributed by atoms with Gasteiger partial charge in [-0.2, -0.15) is 0 Å². The average Bonchev–Trinajstić information content (AvgIpc) is 2.93. The van der Waals surface area contributed by atoms with Crippen molar-refractivity contribution in [1.82, 2.24) is 15.3 Å². The van der Waals surface area contributed by atoms with Crippen LogP contribution in [0.4, 0.5) is 0 Å². The largest absolute Gasteiger partial charge is 0.396 e. The van der Waals surface area contributed by atoms with Gasteiger partial charge in [0, 0.05) is 18.6 Å². The second kappa shape index (κ2) is 6.47. The van der Waals surface area contributed by atoms with Crippen molar-refractivity contribution in [2.45, 2.75) is 33.2 Å². The van der Waals surface area contributed by atoms with Gasteiger partial charge in [0.15, 0.2) is 0 Å². The van der Waals surface area contributed by atoms with Crippen molar-refractivity contribution in [2.75, 3.05) is 13.2 Å². The summed E-state index contributed by atoms with van der Waals surface area (Å²) in [6.45, 7) is 5.54. The summed E-state index contributed by atoms with van der Waals surface area (Å²) in [6.07, 6.45) is 1.83. The van der Waals surface area contributed by atoms with Crippen LogP contribution < -0.4 is 10.9 Å². The second-order valence-electron chi connectivity index (χ2n) is 5.12. The maximum absolute atomic E-state index is 11.8. The number of thiophene rings is 1. The van der Waals surface area contributed by atoms with E-state index in [0.717, 1.165) is 18.4 Å². The molecule has 6 heteroatoms. The van der Waals surface area contributed by atoms with E-state index in [9.17, 15) is 9.90 Å². The number of nitrogens with zero attached hydrogens (tertiary/aromatic N) is 1. The molecule has 2 rings (SSSR count). The molecule has 2 aromatic rings. The number of aliphatic hydroxyl groups is 1. The van der Waals surface area contributed by atoms with Crippen molar-refractivity contribution < 1.29 is 5.11 Å². The van der Waals surface area contributed by atoms with Gasteiger partial charge < -0.3 is 15.4 Å². The summed E-state index contributed by atoms with van der Waals surface area (Å²) in [5, 5.41) is 14.7. The number of aromatic amines is 1. The molecule has 0 aliphatic carbocycles. The molecule has 0 amide bonds. The molecule has 0 atom stereocenters. The molecule has 110 valence electrons. The zero-order valence-electron chi connectivity index (χ0n) is 11.9. The molecule has 0 fully saturated rings. The van der Waals surface area contributed by atoms with E-state index in [4.69, 9.17) is 0 Å². The third kappa shape index (κ3) is 3.08. The quantitative estimate of drug-likeness (QED) is 0.729. The Labute approximate surface area is 122 Å². The smallest absolute Gasteiger partial charge is 0.268 e. The molecule has 0 saturated carbocycles. The maximum atomic E-state index is 11.8. The second-order valence-corrected chi connectivity index (χ2v) is 6.03. The van der Waals surface area contributed by atoms with E-state index in [2.05, 4.69) is 29.1 Å². The first-order valence-corrected chi connectivity index (χ1v) is 7.80. The van der Waals surface area contributed by atoms with Crippen molar-refractivity contribution in [3.8, 4) is 0 Å². The van der Waals surface area contributed by atoms with Gasteiger partial charge in [0.25, 0.3) is 5.56 Å². The van der Waals surface area contributed by atoms with Gasteiger partial charge in [-0.3, -0.25) is 4.79 Å². The SMILES string of the molecule is CCC(CC)(CO)CNCc1nc2ccsc2c(=O)[nH]1. The topological polar surface area (TPSA) is 78.0 Å². The van der Waals surface area contributed by atoms with Gasteiger partial charge in [0.05, 0.1) is 12.1 Å². The molecule has 2 heterocycles. The van der Waals surface area contributed by atoms with Gasteiger partial charge >= 0.3 is 0 Å². The molecule has 0 radical (unpaired) electrons. The zero-order chi connectivity index (χ0) is 14.6. The third-order valence-electron chi connectivity index (χ3n) is 3.99. The van der Waals surface area contributed by atoms with Gasteiger partial charge in [-0.25, -0.2) is 4.98 Å². The predicted molar refractivity (Wildman–Crippen MR) is 82.0 cm³/mol. The fourth-order valence-corrected chi connectivity index (χ4v) is 2.96. The van der Waals surface area contributed by atoms with Gasteiger partial charge in [0.1, 0.15) is 10.5 Å². The average molecular weight is 295 g/mol. The summed E-state index contributed by atoms with van der Waals surface area (Å²) >= 11 is 1.40. The van der Waals surface area contributed by atoms with E-state index in [0.29, 0.717) is 23.6 Å². The molecule has 0 aliphatic heterocycles. The van der Waals surface area contributed by atoms with Crippen molar-refractivity contribution >= 4 is 21.6 Å². The summed E-state index contributed by atoms with van der Waals surface area (Å²) in [5.41, 5.74) is 0.573. The summed E-state index contributed by atoms with van der Waals surface area (Å²) < 4.78 is 0.667. The minimum atomic E-state index is -0.0905. The first-order valence-electron chi connectivity index (χ1n) is 6.92. The van der Waals surface area contributed by atoms with E-state index in [1.54, 1.807) is 0 Å². The summed E-state index contributed by atoms with van der Waals surface area (Å²) in [6, 6.07) is 1.86. The normalized spacial score (nSPS) is 12.2. The summed E-state index contributed by atoms with van der Waals surface area (Å²) in [4.78, 5) is 19.1. The van der Waals surface area contributed by atoms with Crippen LogP contribution in [0.5, 0.6) is 0 Å². The van der Waals surface area contributed by atoms with Crippen molar-refractivity contribution in [3.63, 3.8) is 0 Å². The van der Waals surface area contributed by atoms with Gasteiger partial charge in [-0.1, -0.05) is 13.8 Å². The van der Waals surface area contributed by atoms with E-state index in [-0.39, 0.29) is 17.6 Å². The lowest BCUT2D eigenvalue weighted by atomic mass is 9.83. The van der Waals surface area contributed by atoms with E-state index < -0.39 is 0 Å². The molecular formula is C14H21N3O2S. The standard InChI is InChI=1S/C14H21N3O2S/c1-3-14(4-2,9-18)8-15-7-11-16-10-5-6-20-12(10)13(19)17-11/h5-6,15,18H,3-4,7-9H2,1-2H3,(H,16,17,19). The molecule has 0 unspecified atom stereocenters. The van der Waals surface area contributed by atoms with Crippen molar-refractivity contribution in [1.29, 1.82) is 0 Å². The molecule has 0 spiro atoms. The Morgan fingerprint density at radius 1 is 1.45 bits per heavy atom. The first kappa shape index (κ1) is 15.2. The Morgan fingerprint density at radius 3 is 2.85 bits per heavy atom. The number of hydrogen-bond donors (Lipinski definition) is 3. The molecule has 0 aromatic carbocycles. The first-order chi connectivity index (χ1) is 9.64. The molecule has 0 bridgehead atoms. The lowest BCUT2D eigenvalue weighted by Crippen LogP contribution is -2.36.